The van der Waals surface area contributed by atoms with E-state index in [4.69, 9.17) is 4.74 Å². The van der Waals surface area contributed by atoms with Crippen LogP contribution in [0, 0.1) is 0 Å². The zero-order valence-corrected chi connectivity index (χ0v) is 9.15. The number of imidazole rings is 1. The normalized spacial score (nSPS) is 13.4. The Kier molecular flexibility index (Phi) is 2.07. The van der Waals surface area contributed by atoms with Gasteiger partial charge in [-0.3, -0.25) is 4.79 Å². The van der Waals surface area contributed by atoms with Crippen molar-refractivity contribution >= 4 is 5.91 Å². The minimum Gasteiger partial charge on any atom is -0.480 e. The molecule has 0 saturated heterocycles. The molecule has 1 aliphatic rings. The fourth-order valence-electron chi connectivity index (χ4n) is 1.84. The number of rotatable bonds is 2. The zero-order chi connectivity index (χ0) is 11.8. The molecule has 17 heavy (non-hydrogen) atoms. The first-order valence-electron chi connectivity index (χ1n) is 5.16. The molecule has 3 heterocycles. The summed E-state index contributed by atoms with van der Waals surface area (Å²) in [5, 5.41) is 2.69. The number of aromatic nitrogens is 3. The van der Waals surface area contributed by atoms with Crippen molar-refractivity contribution in [3.05, 3.63) is 29.7 Å². The van der Waals surface area contributed by atoms with Crippen molar-refractivity contribution in [3.8, 4) is 17.3 Å². The molecule has 6 nitrogen and oxygen atoms in total. The van der Waals surface area contributed by atoms with E-state index in [-0.39, 0.29) is 5.91 Å². The van der Waals surface area contributed by atoms with E-state index in [1.54, 1.807) is 19.4 Å². The summed E-state index contributed by atoms with van der Waals surface area (Å²) in [4.78, 5) is 22.9. The van der Waals surface area contributed by atoms with Crippen LogP contribution in [0.1, 0.15) is 16.2 Å². The van der Waals surface area contributed by atoms with Crippen molar-refractivity contribution in [1.29, 1.82) is 0 Å². The topological polar surface area (TPSA) is 79.9 Å². The molecule has 2 aromatic rings. The monoisotopic (exact) mass is 230 g/mol. The molecule has 0 aromatic carbocycles. The molecule has 2 N–H and O–H groups in total. The maximum absolute atomic E-state index is 11.4. The van der Waals surface area contributed by atoms with Gasteiger partial charge in [0.15, 0.2) is 5.69 Å². The number of carbonyl (C=O) groups excluding carboxylic acids is 1. The molecule has 0 radical (unpaired) electrons. The van der Waals surface area contributed by atoms with Crippen LogP contribution in [0.5, 0.6) is 5.88 Å². The number of hydrogen-bond acceptors (Lipinski definition) is 4. The highest BCUT2D eigenvalue weighted by Gasteiger charge is 2.24. The Labute approximate surface area is 97.1 Å². The minimum atomic E-state index is -0.148. The van der Waals surface area contributed by atoms with Gasteiger partial charge in [-0.1, -0.05) is 0 Å². The van der Waals surface area contributed by atoms with Crippen molar-refractivity contribution in [2.75, 3.05) is 7.11 Å². The van der Waals surface area contributed by atoms with Gasteiger partial charge < -0.3 is 15.0 Å². The molecule has 0 saturated carbocycles. The van der Waals surface area contributed by atoms with Crippen LogP contribution in [0.4, 0.5) is 0 Å². The number of H-pyrrole nitrogens is 1. The van der Waals surface area contributed by atoms with Gasteiger partial charge in [-0.05, 0) is 12.1 Å². The summed E-state index contributed by atoms with van der Waals surface area (Å²) in [7, 11) is 1.55. The molecular formula is C11H10N4O2. The fourth-order valence-corrected chi connectivity index (χ4v) is 1.84. The zero-order valence-electron chi connectivity index (χ0n) is 9.15. The van der Waals surface area contributed by atoms with Crippen LogP contribution in [0.25, 0.3) is 11.4 Å². The number of ether oxygens (including phenoxy) is 1. The molecule has 1 amide bonds. The Balaban J connectivity index is 2.10. The van der Waals surface area contributed by atoms with Gasteiger partial charge in [0, 0.05) is 6.20 Å². The van der Waals surface area contributed by atoms with Gasteiger partial charge in [0.2, 0.25) is 5.88 Å². The number of amides is 1. The van der Waals surface area contributed by atoms with Gasteiger partial charge in [-0.2, -0.15) is 0 Å². The molecule has 3 rings (SSSR count). The van der Waals surface area contributed by atoms with Gasteiger partial charge in [0.05, 0.1) is 24.9 Å². The number of pyridine rings is 1. The van der Waals surface area contributed by atoms with Crippen LogP contribution in [-0.4, -0.2) is 28.0 Å². The third-order valence-electron chi connectivity index (χ3n) is 2.64. The summed E-state index contributed by atoms with van der Waals surface area (Å²) in [6.45, 7) is 0.490. The van der Waals surface area contributed by atoms with E-state index in [0.29, 0.717) is 23.9 Å². The molecule has 0 fully saturated rings. The first-order valence-corrected chi connectivity index (χ1v) is 5.16. The first-order chi connectivity index (χ1) is 8.29. The lowest BCUT2D eigenvalue weighted by Gasteiger charge is -2.03. The molecule has 0 atom stereocenters. The number of hydrogen-bond donors (Lipinski definition) is 2. The van der Waals surface area contributed by atoms with Gasteiger partial charge in [-0.15, -0.1) is 0 Å². The summed E-state index contributed by atoms with van der Waals surface area (Å²) in [6, 6.07) is 3.64. The van der Waals surface area contributed by atoms with E-state index >= 15 is 0 Å². The van der Waals surface area contributed by atoms with Gasteiger partial charge >= 0.3 is 0 Å². The van der Waals surface area contributed by atoms with Crippen LogP contribution in [0.2, 0.25) is 0 Å². The highest BCUT2D eigenvalue weighted by molar-refractivity contribution is 5.96. The molecule has 2 aromatic heterocycles. The van der Waals surface area contributed by atoms with Gasteiger partial charge in [-0.25, -0.2) is 9.97 Å². The predicted molar refractivity (Wildman–Crippen MR) is 59.5 cm³/mol. The molecule has 0 aliphatic carbocycles. The van der Waals surface area contributed by atoms with Crippen molar-refractivity contribution in [1.82, 2.24) is 20.3 Å². The Bertz CT molecular complexity index is 591. The third-order valence-corrected chi connectivity index (χ3v) is 2.64. The molecule has 0 unspecified atom stereocenters. The van der Waals surface area contributed by atoms with Crippen molar-refractivity contribution < 1.29 is 9.53 Å². The quantitative estimate of drug-likeness (QED) is 0.796. The van der Waals surface area contributed by atoms with E-state index < -0.39 is 0 Å². The second kappa shape index (κ2) is 3.58. The summed E-state index contributed by atoms with van der Waals surface area (Å²) < 4.78 is 5.16. The minimum absolute atomic E-state index is 0.148. The SMILES string of the molecule is COc1ncccc1-c1nc2c([nH]1)CNC2=O. The second-order valence-electron chi connectivity index (χ2n) is 3.66. The van der Waals surface area contributed by atoms with Crippen molar-refractivity contribution in [2.45, 2.75) is 6.54 Å². The number of fused-ring (bicyclic) bond motifs is 1. The number of nitrogens with zero attached hydrogens (tertiary/aromatic N) is 2. The summed E-state index contributed by atoms with van der Waals surface area (Å²) in [5.41, 5.74) is 2.00. The number of aromatic amines is 1. The summed E-state index contributed by atoms with van der Waals surface area (Å²) in [5.74, 6) is 0.945. The largest absolute Gasteiger partial charge is 0.480 e. The van der Waals surface area contributed by atoms with Crippen molar-refractivity contribution in [2.24, 2.45) is 0 Å². The Morgan fingerprint density at radius 3 is 3.12 bits per heavy atom. The molecule has 0 spiro atoms. The molecule has 86 valence electrons. The first kappa shape index (κ1) is 9.83. The maximum Gasteiger partial charge on any atom is 0.272 e. The van der Waals surface area contributed by atoms with Crippen LogP contribution in [0.15, 0.2) is 18.3 Å². The average molecular weight is 230 g/mol. The fraction of sp³-hybridized carbons (Fsp3) is 0.182. The molecule has 1 aliphatic heterocycles. The van der Waals surface area contributed by atoms with Crippen LogP contribution >= 0.6 is 0 Å². The Morgan fingerprint density at radius 1 is 1.47 bits per heavy atom. The van der Waals surface area contributed by atoms with Gasteiger partial charge in [0.25, 0.3) is 5.91 Å². The van der Waals surface area contributed by atoms with E-state index in [1.165, 1.54) is 0 Å². The van der Waals surface area contributed by atoms with Gasteiger partial charge in [0.1, 0.15) is 5.82 Å². The summed E-state index contributed by atoms with van der Waals surface area (Å²) >= 11 is 0. The molecular weight excluding hydrogens is 220 g/mol. The highest BCUT2D eigenvalue weighted by Crippen LogP contribution is 2.27. The Morgan fingerprint density at radius 2 is 2.35 bits per heavy atom. The smallest absolute Gasteiger partial charge is 0.272 e. The number of nitrogens with one attached hydrogen (secondary N) is 2. The van der Waals surface area contributed by atoms with E-state index in [0.717, 1.165) is 11.3 Å². The van der Waals surface area contributed by atoms with Crippen molar-refractivity contribution in [3.63, 3.8) is 0 Å². The van der Waals surface area contributed by atoms with E-state index in [1.807, 2.05) is 6.07 Å². The average Bonchev–Trinajstić information content (AvgIpc) is 2.92. The lowest BCUT2D eigenvalue weighted by molar-refractivity contribution is 0.0961. The predicted octanol–water partition coefficient (Wildman–Crippen LogP) is 0.724. The molecule has 0 bridgehead atoms. The molecule has 6 heteroatoms. The van der Waals surface area contributed by atoms with Crippen LogP contribution in [0.3, 0.4) is 0 Å². The highest BCUT2D eigenvalue weighted by atomic mass is 16.5. The van der Waals surface area contributed by atoms with E-state index in [2.05, 4.69) is 20.3 Å². The second-order valence-corrected chi connectivity index (χ2v) is 3.66. The van der Waals surface area contributed by atoms with Crippen LogP contribution in [-0.2, 0) is 6.54 Å². The lowest BCUT2D eigenvalue weighted by Crippen LogP contribution is -2.14. The van der Waals surface area contributed by atoms with E-state index in [9.17, 15) is 4.79 Å². The van der Waals surface area contributed by atoms with Crippen LogP contribution < -0.4 is 10.1 Å². The lowest BCUT2D eigenvalue weighted by atomic mass is 10.2. The number of carbonyl (C=O) groups is 1. The standard InChI is InChI=1S/C11H10N4O2/c1-17-11-6(3-2-4-12-11)9-14-7-5-13-10(16)8(7)15-9/h2-4H,5H2,1H3,(H,13,16)(H,14,15). The maximum atomic E-state index is 11.4. The summed E-state index contributed by atoms with van der Waals surface area (Å²) in [6.07, 6.45) is 1.64. The third kappa shape index (κ3) is 1.45. The Hall–Kier alpha value is -2.37. The number of methoxy groups -OCH3 is 1.